The lowest BCUT2D eigenvalue weighted by Gasteiger charge is -2.21. The monoisotopic (exact) mass is 386 g/mol. The summed E-state index contributed by atoms with van der Waals surface area (Å²) in [7, 11) is 3.19. The SMILES string of the molecule is CCN(Cc1ccc(OC)c(OC)c1)C(=O)c1nc(-c2ccco2)sc1C. The Morgan fingerprint density at radius 2 is 2.00 bits per heavy atom. The number of furan rings is 1. The van der Waals surface area contributed by atoms with Crippen LogP contribution < -0.4 is 9.47 Å². The van der Waals surface area contributed by atoms with Crippen molar-refractivity contribution < 1.29 is 18.7 Å². The summed E-state index contributed by atoms with van der Waals surface area (Å²) in [5.41, 5.74) is 1.43. The van der Waals surface area contributed by atoms with Gasteiger partial charge in [0.2, 0.25) is 0 Å². The highest BCUT2D eigenvalue weighted by atomic mass is 32.1. The largest absolute Gasteiger partial charge is 0.493 e. The van der Waals surface area contributed by atoms with Gasteiger partial charge in [-0.2, -0.15) is 0 Å². The molecule has 0 saturated heterocycles. The average Bonchev–Trinajstić information content (AvgIpc) is 3.35. The van der Waals surface area contributed by atoms with Crippen molar-refractivity contribution >= 4 is 17.2 Å². The predicted octanol–water partition coefficient (Wildman–Crippen LogP) is 4.39. The molecule has 1 aromatic carbocycles. The minimum atomic E-state index is -0.0983. The molecule has 142 valence electrons. The number of methoxy groups -OCH3 is 2. The summed E-state index contributed by atoms with van der Waals surface area (Å²) in [4.78, 5) is 20.2. The van der Waals surface area contributed by atoms with Crippen LogP contribution in [0.5, 0.6) is 11.5 Å². The molecule has 6 nitrogen and oxygen atoms in total. The Morgan fingerprint density at radius 1 is 1.22 bits per heavy atom. The topological polar surface area (TPSA) is 64.8 Å². The average molecular weight is 386 g/mol. The van der Waals surface area contributed by atoms with Gasteiger partial charge in [-0.25, -0.2) is 4.98 Å². The number of carbonyl (C=O) groups excluding carboxylic acids is 1. The molecule has 1 amide bonds. The molecule has 0 fully saturated rings. The van der Waals surface area contributed by atoms with Crippen molar-refractivity contribution in [2.45, 2.75) is 20.4 Å². The van der Waals surface area contributed by atoms with Crippen LogP contribution in [0.25, 0.3) is 10.8 Å². The second-order valence-electron chi connectivity index (χ2n) is 5.91. The lowest BCUT2D eigenvalue weighted by molar-refractivity contribution is 0.0746. The normalized spacial score (nSPS) is 10.7. The number of thiazole rings is 1. The quantitative estimate of drug-likeness (QED) is 0.602. The first-order valence-corrected chi connectivity index (χ1v) is 9.40. The van der Waals surface area contributed by atoms with Crippen molar-refractivity contribution in [2.75, 3.05) is 20.8 Å². The first-order chi connectivity index (χ1) is 13.1. The number of aromatic nitrogens is 1. The van der Waals surface area contributed by atoms with Crippen molar-refractivity contribution in [2.24, 2.45) is 0 Å². The number of amides is 1. The molecule has 0 aliphatic rings. The highest BCUT2D eigenvalue weighted by Crippen LogP contribution is 2.30. The zero-order valence-corrected chi connectivity index (χ0v) is 16.6. The van der Waals surface area contributed by atoms with Gasteiger partial charge in [-0.05, 0) is 43.7 Å². The van der Waals surface area contributed by atoms with E-state index in [0.717, 1.165) is 10.4 Å². The Hall–Kier alpha value is -2.80. The van der Waals surface area contributed by atoms with E-state index in [9.17, 15) is 4.79 Å². The summed E-state index contributed by atoms with van der Waals surface area (Å²) in [6.07, 6.45) is 1.60. The van der Waals surface area contributed by atoms with Crippen LogP contribution in [0.15, 0.2) is 41.0 Å². The number of nitrogens with zero attached hydrogens (tertiary/aromatic N) is 2. The summed E-state index contributed by atoms with van der Waals surface area (Å²) >= 11 is 1.46. The van der Waals surface area contributed by atoms with Crippen LogP contribution in [-0.2, 0) is 6.54 Å². The van der Waals surface area contributed by atoms with Crippen LogP contribution in [0.3, 0.4) is 0 Å². The molecule has 27 heavy (non-hydrogen) atoms. The Kier molecular flexibility index (Phi) is 5.81. The van der Waals surface area contributed by atoms with Crippen molar-refractivity contribution in [1.82, 2.24) is 9.88 Å². The van der Waals surface area contributed by atoms with Crippen LogP contribution >= 0.6 is 11.3 Å². The van der Waals surface area contributed by atoms with Gasteiger partial charge in [0.1, 0.15) is 5.69 Å². The molecular weight excluding hydrogens is 364 g/mol. The smallest absolute Gasteiger partial charge is 0.273 e. The highest BCUT2D eigenvalue weighted by Gasteiger charge is 2.22. The Labute approximate surface area is 162 Å². The number of hydrogen-bond donors (Lipinski definition) is 0. The van der Waals surface area contributed by atoms with Crippen LogP contribution in [0.4, 0.5) is 0 Å². The highest BCUT2D eigenvalue weighted by molar-refractivity contribution is 7.15. The van der Waals surface area contributed by atoms with Gasteiger partial charge in [-0.3, -0.25) is 4.79 Å². The van der Waals surface area contributed by atoms with E-state index in [-0.39, 0.29) is 5.91 Å². The Bertz CT molecular complexity index is 918. The third kappa shape index (κ3) is 3.98. The molecule has 7 heteroatoms. The second-order valence-corrected chi connectivity index (χ2v) is 7.11. The number of hydrogen-bond acceptors (Lipinski definition) is 6. The maximum absolute atomic E-state index is 13.0. The summed E-state index contributed by atoms with van der Waals surface area (Å²) in [5, 5.41) is 0.711. The molecule has 3 rings (SSSR count). The second kappa shape index (κ2) is 8.26. The van der Waals surface area contributed by atoms with Crippen LogP contribution in [0.2, 0.25) is 0 Å². The van der Waals surface area contributed by atoms with Crippen LogP contribution in [-0.4, -0.2) is 36.6 Å². The molecule has 0 radical (unpaired) electrons. The summed E-state index contributed by atoms with van der Waals surface area (Å²) in [6, 6.07) is 9.31. The summed E-state index contributed by atoms with van der Waals surface area (Å²) in [5.74, 6) is 1.88. The molecular formula is C20H22N2O4S. The van der Waals surface area contributed by atoms with E-state index in [1.165, 1.54) is 11.3 Å². The molecule has 2 heterocycles. The molecule has 0 bridgehead atoms. The molecule has 0 saturated carbocycles. The number of benzene rings is 1. The lowest BCUT2D eigenvalue weighted by Crippen LogP contribution is -2.31. The molecule has 3 aromatic rings. The number of aryl methyl sites for hydroxylation is 1. The number of ether oxygens (including phenoxy) is 2. The first-order valence-electron chi connectivity index (χ1n) is 8.58. The lowest BCUT2D eigenvalue weighted by atomic mass is 10.1. The fraction of sp³-hybridized carbons (Fsp3) is 0.300. The van der Waals surface area contributed by atoms with Crippen LogP contribution in [0, 0.1) is 6.92 Å². The van der Waals surface area contributed by atoms with Gasteiger partial charge in [-0.15, -0.1) is 11.3 Å². The van der Waals surface area contributed by atoms with Gasteiger partial charge in [0.25, 0.3) is 5.91 Å². The molecule has 0 spiro atoms. The number of rotatable bonds is 7. The van der Waals surface area contributed by atoms with E-state index in [0.29, 0.717) is 41.1 Å². The zero-order chi connectivity index (χ0) is 19.4. The van der Waals surface area contributed by atoms with Gasteiger partial charge in [0.05, 0.1) is 20.5 Å². The van der Waals surface area contributed by atoms with Crippen molar-refractivity contribution in [3.63, 3.8) is 0 Å². The van der Waals surface area contributed by atoms with Gasteiger partial charge < -0.3 is 18.8 Å². The van der Waals surface area contributed by atoms with E-state index in [1.807, 2.05) is 44.2 Å². The van der Waals surface area contributed by atoms with Crippen molar-refractivity contribution in [1.29, 1.82) is 0 Å². The maximum atomic E-state index is 13.0. The maximum Gasteiger partial charge on any atom is 0.273 e. The third-order valence-electron chi connectivity index (χ3n) is 4.22. The fourth-order valence-corrected chi connectivity index (χ4v) is 3.65. The van der Waals surface area contributed by atoms with Crippen LogP contribution in [0.1, 0.15) is 27.9 Å². The molecule has 0 atom stereocenters. The summed E-state index contributed by atoms with van der Waals surface area (Å²) in [6.45, 7) is 4.89. The first kappa shape index (κ1) is 19.0. The van der Waals surface area contributed by atoms with E-state index in [2.05, 4.69) is 4.98 Å². The Balaban J connectivity index is 1.83. The predicted molar refractivity (Wildman–Crippen MR) is 105 cm³/mol. The minimum absolute atomic E-state index is 0.0983. The van der Waals surface area contributed by atoms with E-state index in [4.69, 9.17) is 13.9 Å². The van der Waals surface area contributed by atoms with Gasteiger partial charge >= 0.3 is 0 Å². The van der Waals surface area contributed by atoms with Gasteiger partial charge in [-0.1, -0.05) is 6.07 Å². The zero-order valence-electron chi connectivity index (χ0n) is 15.8. The summed E-state index contributed by atoms with van der Waals surface area (Å²) < 4.78 is 16.0. The molecule has 0 N–H and O–H groups in total. The molecule has 2 aromatic heterocycles. The minimum Gasteiger partial charge on any atom is -0.493 e. The molecule has 0 unspecified atom stereocenters. The molecule has 0 aliphatic carbocycles. The van der Waals surface area contributed by atoms with Gasteiger partial charge in [0, 0.05) is 18.0 Å². The van der Waals surface area contributed by atoms with Gasteiger partial charge in [0.15, 0.2) is 22.3 Å². The molecule has 0 aliphatic heterocycles. The standard InChI is InChI=1S/C20H22N2O4S/c1-5-22(12-14-8-9-15(24-3)17(11-14)25-4)20(23)18-13(2)27-19(21-18)16-7-6-10-26-16/h6-11H,5,12H2,1-4H3. The third-order valence-corrected chi connectivity index (χ3v) is 5.21. The van der Waals surface area contributed by atoms with Crippen molar-refractivity contribution in [3.05, 3.63) is 52.7 Å². The van der Waals surface area contributed by atoms with E-state index in [1.54, 1.807) is 25.4 Å². The van der Waals surface area contributed by atoms with E-state index < -0.39 is 0 Å². The Morgan fingerprint density at radius 3 is 2.63 bits per heavy atom. The number of carbonyl (C=O) groups is 1. The van der Waals surface area contributed by atoms with Crippen molar-refractivity contribution in [3.8, 4) is 22.3 Å². The van der Waals surface area contributed by atoms with E-state index >= 15 is 0 Å². The fourth-order valence-electron chi connectivity index (χ4n) is 2.78.